The Kier molecular flexibility index (Phi) is 3.87. The molecular formula is C14H10NO7S-. The molecule has 2 aliphatic heterocycles. The van der Waals surface area contributed by atoms with Crippen molar-refractivity contribution in [1.82, 2.24) is 4.90 Å². The number of nitrogens with zero attached hydrogens (tertiary/aromatic N) is 1. The first-order valence-corrected chi connectivity index (χ1v) is 7.24. The molecule has 2 heterocycles. The highest BCUT2D eigenvalue weighted by molar-refractivity contribution is 8.18. The van der Waals surface area contributed by atoms with Crippen LogP contribution in [-0.4, -0.2) is 42.5 Å². The summed E-state index contributed by atoms with van der Waals surface area (Å²) in [6.07, 6.45) is 1.45. The zero-order valence-corrected chi connectivity index (χ0v) is 12.7. The maximum absolute atomic E-state index is 12.1. The Morgan fingerprint density at radius 2 is 2.09 bits per heavy atom. The first-order chi connectivity index (χ1) is 11.0. The highest BCUT2D eigenvalue weighted by Crippen LogP contribution is 2.40. The van der Waals surface area contributed by atoms with Gasteiger partial charge in [0.05, 0.1) is 24.5 Å². The van der Waals surface area contributed by atoms with Crippen LogP contribution in [0.4, 0.5) is 4.79 Å². The second kappa shape index (κ2) is 5.84. The number of carboxylic acid groups (broad SMARTS) is 1. The molecule has 0 N–H and O–H groups in total. The molecule has 3 rings (SSSR count). The van der Waals surface area contributed by atoms with E-state index < -0.39 is 23.7 Å². The molecule has 0 aromatic heterocycles. The van der Waals surface area contributed by atoms with Gasteiger partial charge in [-0.3, -0.25) is 14.5 Å². The monoisotopic (exact) mass is 336 g/mol. The van der Waals surface area contributed by atoms with E-state index in [1.54, 1.807) is 12.1 Å². The van der Waals surface area contributed by atoms with Crippen molar-refractivity contribution in [3.63, 3.8) is 0 Å². The van der Waals surface area contributed by atoms with E-state index in [1.807, 2.05) is 0 Å². The number of imide groups is 1. The number of hydrogen-bond donors (Lipinski definition) is 0. The predicted molar refractivity (Wildman–Crippen MR) is 76.8 cm³/mol. The van der Waals surface area contributed by atoms with E-state index in [9.17, 15) is 19.5 Å². The van der Waals surface area contributed by atoms with Gasteiger partial charge in [0.1, 0.15) is 5.75 Å². The molecule has 0 atom stereocenters. The van der Waals surface area contributed by atoms with Gasteiger partial charge >= 0.3 is 0 Å². The average molecular weight is 336 g/mol. The summed E-state index contributed by atoms with van der Waals surface area (Å²) in [5.41, 5.74) is 0.510. The fourth-order valence-electron chi connectivity index (χ4n) is 2.14. The van der Waals surface area contributed by atoms with Gasteiger partial charge < -0.3 is 24.1 Å². The fourth-order valence-corrected chi connectivity index (χ4v) is 2.96. The molecule has 0 bridgehead atoms. The number of hydrogen-bond acceptors (Lipinski definition) is 8. The molecule has 0 aliphatic carbocycles. The van der Waals surface area contributed by atoms with Crippen molar-refractivity contribution in [2.75, 3.05) is 20.4 Å². The second-order valence-corrected chi connectivity index (χ2v) is 5.58. The van der Waals surface area contributed by atoms with E-state index in [1.165, 1.54) is 13.2 Å². The number of amides is 2. The van der Waals surface area contributed by atoms with Crippen molar-refractivity contribution < 1.29 is 33.7 Å². The summed E-state index contributed by atoms with van der Waals surface area (Å²) in [6, 6.07) is 3.23. The summed E-state index contributed by atoms with van der Waals surface area (Å²) in [7, 11) is 1.46. The number of fused-ring (bicyclic) bond motifs is 1. The van der Waals surface area contributed by atoms with Crippen LogP contribution in [0.15, 0.2) is 17.0 Å². The van der Waals surface area contributed by atoms with Crippen molar-refractivity contribution in [1.29, 1.82) is 0 Å². The number of benzene rings is 1. The number of carboxylic acids is 1. The molecule has 23 heavy (non-hydrogen) atoms. The van der Waals surface area contributed by atoms with Crippen LogP contribution in [0.1, 0.15) is 5.56 Å². The van der Waals surface area contributed by atoms with Crippen LogP contribution in [-0.2, 0) is 9.59 Å². The maximum atomic E-state index is 12.1. The smallest absolute Gasteiger partial charge is 0.293 e. The maximum Gasteiger partial charge on any atom is 0.293 e. The molecule has 0 radical (unpaired) electrons. The van der Waals surface area contributed by atoms with E-state index in [4.69, 9.17) is 14.2 Å². The average Bonchev–Trinajstić information content (AvgIpc) is 3.06. The lowest BCUT2D eigenvalue weighted by Crippen LogP contribution is -2.40. The Bertz CT molecular complexity index is 743. The Hall–Kier alpha value is -2.68. The van der Waals surface area contributed by atoms with Crippen LogP contribution in [0.25, 0.3) is 6.08 Å². The van der Waals surface area contributed by atoms with Gasteiger partial charge in [-0.25, -0.2) is 0 Å². The first-order valence-electron chi connectivity index (χ1n) is 6.42. The van der Waals surface area contributed by atoms with E-state index in [2.05, 4.69) is 0 Å². The molecule has 0 spiro atoms. The minimum atomic E-state index is -1.51. The van der Waals surface area contributed by atoms with Crippen molar-refractivity contribution >= 4 is 35.0 Å². The normalized spacial score (nSPS) is 18.0. The van der Waals surface area contributed by atoms with Crippen molar-refractivity contribution in [2.45, 2.75) is 0 Å². The molecule has 1 aromatic rings. The van der Waals surface area contributed by atoms with E-state index in [0.717, 1.165) is 0 Å². The van der Waals surface area contributed by atoms with Crippen molar-refractivity contribution in [3.8, 4) is 17.2 Å². The van der Waals surface area contributed by atoms with Crippen LogP contribution in [0, 0.1) is 0 Å². The highest BCUT2D eigenvalue weighted by Gasteiger charge is 2.35. The van der Waals surface area contributed by atoms with Gasteiger partial charge in [-0.15, -0.1) is 0 Å². The lowest BCUT2D eigenvalue weighted by molar-refractivity contribution is -0.305. The summed E-state index contributed by atoms with van der Waals surface area (Å²) in [6.45, 7) is -0.690. The molecular weight excluding hydrogens is 326 g/mol. The van der Waals surface area contributed by atoms with Crippen LogP contribution in [0.2, 0.25) is 0 Å². The zero-order chi connectivity index (χ0) is 16.6. The fraction of sp³-hybridized carbons (Fsp3) is 0.214. The zero-order valence-electron chi connectivity index (χ0n) is 11.9. The molecule has 1 fully saturated rings. The van der Waals surface area contributed by atoms with Gasteiger partial charge in [0, 0.05) is 11.6 Å². The van der Waals surface area contributed by atoms with Crippen LogP contribution in [0.5, 0.6) is 17.2 Å². The standard InChI is InChI=1S/C14H11NO7S/c1-20-8-4-10-9(21-6-22-10)2-7(8)3-11-13(18)15(5-12(16)17)14(19)23-11/h2-4H,5-6H2,1H3,(H,16,17)/p-1/b11-3-. The summed E-state index contributed by atoms with van der Waals surface area (Å²) in [4.78, 5) is 35.2. The molecule has 1 aromatic carbocycles. The van der Waals surface area contributed by atoms with Crippen LogP contribution < -0.4 is 19.3 Å². The summed E-state index contributed by atoms with van der Waals surface area (Å²) >= 11 is 0.651. The molecule has 9 heteroatoms. The van der Waals surface area contributed by atoms with Gasteiger partial charge in [0.2, 0.25) is 6.79 Å². The SMILES string of the molecule is COc1cc2c(cc1/C=C1\SC(=O)N(CC(=O)[O-])C1=O)OCO2. The first kappa shape index (κ1) is 15.2. The summed E-state index contributed by atoms with van der Waals surface area (Å²) in [5.74, 6) is -0.755. The van der Waals surface area contributed by atoms with Crippen molar-refractivity contribution in [2.24, 2.45) is 0 Å². The number of aliphatic carboxylic acids is 1. The highest BCUT2D eigenvalue weighted by atomic mass is 32.2. The lowest BCUT2D eigenvalue weighted by Gasteiger charge is -2.12. The minimum Gasteiger partial charge on any atom is -0.548 e. The third-order valence-corrected chi connectivity index (χ3v) is 4.08. The number of carbonyl (C=O) groups excluding carboxylic acids is 3. The third kappa shape index (κ3) is 2.82. The van der Waals surface area contributed by atoms with Gasteiger partial charge in [0.25, 0.3) is 11.1 Å². The van der Waals surface area contributed by atoms with E-state index in [0.29, 0.717) is 39.5 Å². The van der Waals surface area contributed by atoms with Crippen LogP contribution in [0.3, 0.4) is 0 Å². The predicted octanol–water partition coefficient (Wildman–Crippen LogP) is 0.210. The van der Waals surface area contributed by atoms with Gasteiger partial charge in [-0.1, -0.05) is 0 Å². The second-order valence-electron chi connectivity index (χ2n) is 4.59. The molecule has 2 amide bonds. The van der Waals surface area contributed by atoms with Gasteiger partial charge in [-0.05, 0) is 23.9 Å². The van der Waals surface area contributed by atoms with E-state index in [-0.39, 0.29) is 11.7 Å². The Balaban J connectivity index is 1.94. The number of thioether (sulfide) groups is 1. The topological polar surface area (TPSA) is 105 Å². The summed E-state index contributed by atoms with van der Waals surface area (Å²) in [5, 5.41) is 9.94. The van der Waals surface area contributed by atoms with Crippen molar-refractivity contribution in [3.05, 3.63) is 22.6 Å². The quantitative estimate of drug-likeness (QED) is 0.719. The number of methoxy groups -OCH3 is 1. The largest absolute Gasteiger partial charge is 0.548 e. The molecule has 8 nitrogen and oxygen atoms in total. The van der Waals surface area contributed by atoms with Gasteiger partial charge in [0.15, 0.2) is 11.5 Å². The minimum absolute atomic E-state index is 0.0874. The third-order valence-electron chi connectivity index (χ3n) is 3.17. The molecule has 2 aliphatic rings. The molecule has 120 valence electrons. The Morgan fingerprint density at radius 1 is 1.39 bits per heavy atom. The number of rotatable bonds is 4. The van der Waals surface area contributed by atoms with Crippen LogP contribution >= 0.6 is 11.8 Å². The van der Waals surface area contributed by atoms with Gasteiger partial charge in [-0.2, -0.15) is 0 Å². The molecule has 0 saturated carbocycles. The Labute approximate surface area is 134 Å². The number of carbonyl (C=O) groups is 3. The number of ether oxygens (including phenoxy) is 3. The Morgan fingerprint density at radius 3 is 2.74 bits per heavy atom. The lowest BCUT2D eigenvalue weighted by atomic mass is 10.1. The molecule has 0 unspecified atom stereocenters. The summed E-state index contributed by atoms with van der Waals surface area (Å²) < 4.78 is 15.7. The molecule has 1 saturated heterocycles. The van der Waals surface area contributed by atoms with E-state index >= 15 is 0 Å².